The fraction of sp³-hybridized carbons (Fsp3) is 0.0588. The highest BCUT2D eigenvalue weighted by Gasteiger charge is 2.23. The topological polar surface area (TPSA) is 50.7 Å². The molecule has 2 aromatic carbocycles. The van der Waals surface area contributed by atoms with Crippen LogP contribution >= 0.6 is 27.7 Å². The van der Waals surface area contributed by atoms with Gasteiger partial charge in [0.05, 0.1) is 17.7 Å². The maximum absolute atomic E-state index is 12.1. The number of methoxy groups -OCH3 is 1. The number of nitrogens with zero attached hydrogens (tertiary/aromatic N) is 1. The molecule has 4 nitrogen and oxygen atoms in total. The third kappa shape index (κ3) is 3.83. The summed E-state index contributed by atoms with van der Waals surface area (Å²) in [6.45, 7) is 0. The van der Waals surface area contributed by atoms with Crippen molar-refractivity contribution in [2.45, 2.75) is 0 Å². The molecule has 1 aliphatic heterocycles. The van der Waals surface area contributed by atoms with Crippen LogP contribution in [-0.4, -0.2) is 18.2 Å². The third-order valence-electron chi connectivity index (χ3n) is 3.14. The molecule has 0 unspecified atom stereocenters. The van der Waals surface area contributed by atoms with Crippen LogP contribution in [0.25, 0.3) is 6.08 Å². The number of thioether (sulfide) groups is 1. The minimum absolute atomic E-state index is 0.142. The van der Waals surface area contributed by atoms with E-state index in [0.29, 0.717) is 10.1 Å². The zero-order chi connectivity index (χ0) is 16.2. The molecule has 0 radical (unpaired) electrons. The first-order valence-electron chi connectivity index (χ1n) is 6.84. The molecule has 3 rings (SSSR count). The Morgan fingerprint density at radius 1 is 1.17 bits per heavy atom. The van der Waals surface area contributed by atoms with Gasteiger partial charge in [0.2, 0.25) is 0 Å². The molecule has 0 saturated carbocycles. The number of halogens is 1. The van der Waals surface area contributed by atoms with E-state index in [1.165, 1.54) is 11.8 Å². The molecule has 1 heterocycles. The van der Waals surface area contributed by atoms with Gasteiger partial charge in [-0.15, -0.1) is 0 Å². The first kappa shape index (κ1) is 15.8. The standard InChI is InChI=1S/C17H13BrN2O2S/c1-22-12-8-6-11(7-9-12)10-15-16(21)20-17(23-15)19-14-5-3-2-4-13(14)18/h2-10H,1H3,(H,19,20,21)/b15-10-. The SMILES string of the molecule is COc1ccc(/C=C2\SC(=Nc3ccccc3Br)NC2=O)cc1. The minimum Gasteiger partial charge on any atom is -0.497 e. The zero-order valence-corrected chi connectivity index (χ0v) is 14.6. The van der Waals surface area contributed by atoms with E-state index < -0.39 is 0 Å². The normalized spacial score (nSPS) is 17.6. The van der Waals surface area contributed by atoms with Crippen LogP contribution in [0.15, 0.2) is 62.9 Å². The largest absolute Gasteiger partial charge is 0.497 e. The van der Waals surface area contributed by atoms with Gasteiger partial charge in [-0.05, 0) is 63.6 Å². The number of amides is 1. The van der Waals surface area contributed by atoms with Gasteiger partial charge in [-0.2, -0.15) is 0 Å². The van der Waals surface area contributed by atoms with Crippen molar-refractivity contribution < 1.29 is 9.53 Å². The number of carbonyl (C=O) groups is 1. The monoisotopic (exact) mass is 388 g/mol. The number of aliphatic imine (C=N–C) groups is 1. The Morgan fingerprint density at radius 3 is 2.61 bits per heavy atom. The van der Waals surface area contributed by atoms with Crippen molar-refractivity contribution in [1.29, 1.82) is 0 Å². The lowest BCUT2D eigenvalue weighted by atomic mass is 10.2. The molecule has 0 bridgehead atoms. The fourth-order valence-electron chi connectivity index (χ4n) is 1.98. The Kier molecular flexibility index (Phi) is 4.83. The van der Waals surface area contributed by atoms with Gasteiger partial charge in [-0.3, -0.25) is 4.79 Å². The van der Waals surface area contributed by atoms with Crippen molar-refractivity contribution in [1.82, 2.24) is 5.32 Å². The highest BCUT2D eigenvalue weighted by atomic mass is 79.9. The number of amidine groups is 1. The number of hydrogen-bond donors (Lipinski definition) is 1. The second-order valence-electron chi connectivity index (χ2n) is 4.71. The molecule has 6 heteroatoms. The van der Waals surface area contributed by atoms with Crippen LogP contribution in [0.2, 0.25) is 0 Å². The van der Waals surface area contributed by atoms with Crippen molar-refractivity contribution in [2.24, 2.45) is 4.99 Å². The predicted molar refractivity (Wildman–Crippen MR) is 97.9 cm³/mol. The number of benzene rings is 2. The first-order valence-corrected chi connectivity index (χ1v) is 8.45. The fourth-order valence-corrected chi connectivity index (χ4v) is 3.19. The van der Waals surface area contributed by atoms with Crippen LogP contribution in [0.5, 0.6) is 5.75 Å². The summed E-state index contributed by atoms with van der Waals surface area (Å²) >= 11 is 4.77. The van der Waals surface area contributed by atoms with E-state index in [1.54, 1.807) is 7.11 Å². The number of carbonyl (C=O) groups excluding carboxylic acids is 1. The number of ether oxygens (including phenoxy) is 1. The molecule has 0 aliphatic carbocycles. The second-order valence-corrected chi connectivity index (χ2v) is 6.59. The van der Waals surface area contributed by atoms with Crippen LogP contribution in [0.3, 0.4) is 0 Å². The summed E-state index contributed by atoms with van der Waals surface area (Å²) in [6, 6.07) is 15.2. The lowest BCUT2D eigenvalue weighted by molar-refractivity contribution is -0.115. The average Bonchev–Trinajstić information content (AvgIpc) is 2.90. The minimum atomic E-state index is -0.142. The van der Waals surface area contributed by atoms with Crippen LogP contribution in [0.4, 0.5) is 5.69 Å². The molecule has 23 heavy (non-hydrogen) atoms. The summed E-state index contributed by atoms with van der Waals surface area (Å²) in [5.74, 6) is 0.642. The van der Waals surface area contributed by atoms with E-state index in [0.717, 1.165) is 21.5 Å². The Hall–Kier alpha value is -2.05. The summed E-state index contributed by atoms with van der Waals surface area (Å²) < 4.78 is 6.01. The lowest BCUT2D eigenvalue weighted by Crippen LogP contribution is -2.19. The molecular formula is C17H13BrN2O2S. The number of nitrogens with one attached hydrogen (secondary N) is 1. The third-order valence-corrected chi connectivity index (χ3v) is 4.72. The Bertz CT molecular complexity index is 800. The highest BCUT2D eigenvalue weighted by Crippen LogP contribution is 2.31. The molecule has 1 N–H and O–H groups in total. The van der Waals surface area contributed by atoms with Gasteiger partial charge >= 0.3 is 0 Å². The van der Waals surface area contributed by atoms with Gasteiger partial charge in [-0.1, -0.05) is 24.3 Å². The summed E-state index contributed by atoms with van der Waals surface area (Å²) in [5.41, 5.74) is 1.71. The molecule has 2 aromatic rings. The molecule has 116 valence electrons. The average molecular weight is 389 g/mol. The van der Waals surface area contributed by atoms with Crippen molar-refractivity contribution in [3.05, 3.63) is 63.5 Å². The van der Waals surface area contributed by atoms with Crippen LogP contribution in [0, 0.1) is 0 Å². The van der Waals surface area contributed by atoms with E-state index >= 15 is 0 Å². The van der Waals surface area contributed by atoms with Gasteiger partial charge < -0.3 is 10.1 Å². The summed E-state index contributed by atoms with van der Waals surface area (Å²) in [6.07, 6.45) is 1.84. The number of rotatable bonds is 3. The van der Waals surface area contributed by atoms with Crippen LogP contribution < -0.4 is 10.1 Å². The van der Waals surface area contributed by atoms with Gasteiger partial charge in [0.1, 0.15) is 5.75 Å². The van der Waals surface area contributed by atoms with E-state index in [2.05, 4.69) is 26.2 Å². The lowest BCUT2D eigenvalue weighted by Gasteiger charge is -1.99. The zero-order valence-electron chi connectivity index (χ0n) is 12.2. The number of hydrogen-bond acceptors (Lipinski definition) is 4. The summed E-state index contributed by atoms with van der Waals surface area (Å²) in [4.78, 5) is 17.1. The molecule has 1 aliphatic rings. The maximum atomic E-state index is 12.1. The molecule has 1 amide bonds. The summed E-state index contributed by atoms with van der Waals surface area (Å²) in [7, 11) is 1.62. The number of para-hydroxylation sites is 1. The van der Waals surface area contributed by atoms with E-state index in [1.807, 2.05) is 54.6 Å². The molecule has 0 atom stereocenters. The van der Waals surface area contributed by atoms with Crippen molar-refractivity contribution in [2.75, 3.05) is 7.11 Å². The van der Waals surface area contributed by atoms with Crippen molar-refractivity contribution in [3.8, 4) is 5.75 Å². The molecule has 0 spiro atoms. The van der Waals surface area contributed by atoms with Crippen molar-refractivity contribution >= 4 is 50.5 Å². The van der Waals surface area contributed by atoms with Gasteiger partial charge in [0, 0.05) is 4.47 Å². The Morgan fingerprint density at radius 2 is 1.91 bits per heavy atom. The molecular weight excluding hydrogens is 376 g/mol. The quantitative estimate of drug-likeness (QED) is 0.795. The van der Waals surface area contributed by atoms with Gasteiger partial charge in [-0.25, -0.2) is 4.99 Å². The van der Waals surface area contributed by atoms with E-state index in [-0.39, 0.29) is 5.91 Å². The molecule has 1 fully saturated rings. The van der Waals surface area contributed by atoms with E-state index in [9.17, 15) is 4.79 Å². The Balaban J connectivity index is 1.82. The van der Waals surface area contributed by atoms with Crippen molar-refractivity contribution in [3.63, 3.8) is 0 Å². The van der Waals surface area contributed by atoms with Crippen LogP contribution in [0.1, 0.15) is 5.56 Å². The van der Waals surface area contributed by atoms with Gasteiger partial charge in [0.25, 0.3) is 5.91 Å². The second kappa shape index (κ2) is 7.02. The van der Waals surface area contributed by atoms with Gasteiger partial charge in [0.15, 0.2) is 5.17 Å². The summed E-state index contributed by atoms with van der Waals surface area (Å²) in [5, 5.41) is 3.35. The predicted octanol–water partition coefficient (Wildman–Crippen LogP) is 4.35. The molecule has 1 saturated heterocycles. The first-order chi connectivity index (χ1) is 11.2. The molecule has 0 aromatic heterocycles. The van der Waals surface area contributed by atoms with Crippen LogP contribution in [-0.2, 0) is 4.79 Å². The smallest absolute Gasteiger partial charge is 0.264 e. The maximum Gasteiger partial charge on any atom is 0.264 e. The highest BCUT2D eigenvalue weighted by molar-refractivity contribution is 9.10. The van der Waals surface area contributed by atoms with E-state index in [4.69, 9.17) is 4.74 Å². The Labute approximate surface area is 146 Å².